The molecule has 2 heterocycles. The highest BCUT2D eigenvalue weighted by molar-refractivity contribution is 7.89. The number of rotatable bonds is 4. The van der Waals surface area contributed by atoms with Crippen LogP contribution in [0.4, 0.5) is 0 Å². The molecule has 1 unspecified atom stereocenters. The average Bonchev–Trinajstić information content (AvgIpc) is 2.95. The quantitative estimate of drug-likeness (QED) is 0.871. The van der Waals surface area contributed by atoms with Gasteiger partial charge in [0.1, 0.15) is 0 Å². The SMILES string of the molecule is CCCS(=O)(=O)N1CCn2cccc2C1c1ccccc1. The Balaban J connectivity index is 2.09. The minimum absolute atomic E-state index is 0.205. The van der Waals surface area contributed by atoms with Crippen LogP contribution in [0, 0.1) is 0 Å². The summed E-state index contributed by atoms with van der Waals surface area (Å²) in [6.45, 7) is 3.15. The predicted molar refractivity (Wildman–Crippen MR) is 83.5 cm³/mol. The second kappa shape index (κ2) is 5.66. The first-order chi connectivity index (χ1) is 10.1. The van der Waals surface area contributed by atoms with Crippen LogP contribution in [-0.4, -0.2) is 29.6 Å². The Morgan fingerprint density at radius 1 is 1.10 bits per heavy atom. The van der Waals surface area contributed by atoms with E-state index >= 15 is 0 Å². The predicted octanol–water partition coefficient (Wildman–Crippen LogP) is 2.63. The minimum Gasteiger partial charge on any atom is -0.348 e. The molecule has 112 valence electrons. The van der Waals surface area contributed by atoms with Crippen LogP contribution in [0.1, 0.15) is 30.6 Å². The zero-order valence-electron chi connectivity index (χ0n) is 12.1. The van der Waals surface area contributed by atoms with Crippen molar-refractivity contribution in [1.82, 2.24) is 8.87 Å². The summed E-state index contributed by atoms with van der Waals surface area (Å²) >= 11 is 0. The Kier molecular flexibility index (Phi) is 3.87. The Labute approximate surface area is 126 Å². The van der Waals surface area contributed by atoms with Gasteiger partial charge in [-0.05, 0) is 24.1 Å². The molecule has 0 fully saturated rings. The van der Waals surface area contributed by atoms with Crippen molar-refractivity contribution in [3.05, 3.63) is 59.9 Å². The van der Waals surface area contributed by atoms with Crippen molar-refractivity contribution in [1.29, 1.82) is 0 Å². The van der Waals surface area contributed by atoms with E-state index in [1.807, 2.05) is 55.6 Å². The lowest BCUT2D eigenvalue weighted by atomic mass is 10.0. The van der Waals surface area contributed by atoms with E-state index in [4.69, 9.17) is 0 Å². The first-order valence-electron chi connectivity index (χ1n) is 7.33. The molecule has 0 bridgehead atoms. The molecule has 1 aromatic carbocycles. The first-order valence-corrected chi connectivity index (χ1v) is 8.94. The van der Waals surface area contributed by atoms with Crippen LogP contribution < -0.4 is 0 Å². The van der Waals surface area contributed by atoms with Crippen molar-refractivity contribution < 1.29 is 8.42 Å². The molecular weight excluding hydrogens is 284 g/mol. The van der Waals surface area contributed by atoms with Crippen LogP contribution in [-0.2, 0) is 16.6 Å². The van der Waals surface area contributed by atoms with Gasteiger partial charge in [0.15, 0.2) is 0 Å². The second-order valence-corrected chi connectivity index (χ2v) is 7.41. The van der Waals surface area contributed by atoms with Gasteiger partial charge in [-0.15, -0.1) is 0 Å². The molecule has 5 heteroatoms. The molecule has 0 N–H and O–H groups in total. The van der Waals surface area contributed by atoms with E-state index in [0.29, 0.717) is 19.5 Å². The van der Waals surface area contributed by atoms with E-state index in [9.17, 15) is 8.42 Å². The van der Waals surface area contributed by atoms with Gasteiger partial charge in [-0.25, -0.2) is 8.42 Å². The van der Waals surface area contributed by atoms with E-state index in [2.05, 4.69) is 4.57 Å². The summed E-state index contributed by atoms with van der Waals surface area (Å²) in [5, 5.41) is 0. The normalized spacial score (nSPS) is 19.4. The van der Waals surface area contributed by atoms with Crippen molar-refractivity contribution >= 4 is 10.0 Å². The van der Waals surface area contributed by atoms with Gasteiger partial charge in [0.25, 0.3) is 0 Å². The van der Waals surface area contributed by atoms with Gasteiger partial charge in [-0.1, -0.05) is 37.3 Å². The van der Waals surface area contributed by atoms with Gasteiger partial charge >= 0.3 is 0 Å². The molecule has 1 aliphatic rings. The molecule has 0 radical (unpaired) electrons. The van der Waals surface area contributed by atoms with Crippen LogP contribution >= 0.6 is 0 Å². The zero-order valence-corrected chi connectivity index (χ0v) is 13.0. The molecule has 3 rings (SSSR count). The molecule has 4 nitrogen and oxygen atoms in total. The van der Waals surface area contributed by atoms with Crippen molar-refractivity contribution in [2.45, 2.75) is 25.9 Å². The lowest BCUT2D eigenvalue weighted by Crippen LogP contribution is -2.43. The molecule has 0 saturated heterocycles. The van der Waals surface area contributed by atoms with Gasteiger partial charge in [0.2, 0.25) is 10.0 Å². The maximum Gasteiger partial charge on any atom is 0.215 e. The Morgan fingerprint density at radius 2 is 1.86 bits per heavy atom. The molecular formula is C16H20N2O2S. The highest BCUT2D eigenvalue weighted by Gasteiger charge is 2.35. The van der Waals surface area contributed by atoms with Crippen LogP contribution in [0.3, 0.4) is 0 Å². The van der Waals surface area contributed by atoms with Crippen LogP contribution in [0.25, 0.3) is 0 Å². The third-order valence-corrected chi connectivity index (χ3v) is 5.96. The van der Waals surface area contributed by atoms with Gasteiger partial charge < -0.3 is 4.57 Å². The van der Waals surface area contributed by atoms with Crippen LogP contribution in [0.5, 0.6) is 0 Å². The zero-order chi connectivity index (χ0) is 14.9. The molecule has 1 aromatic heterocycles. The standard InChI is InChI=1S/C16H20N2O2S/c1-2-13-21(19,20)18-12-11-17-10-6-9-15(17)16(18)14-7-4-3-5-8-14/h3-10,16H,2,11-13H2,1H3. The van der Waals surface area contributed by atoms with Crippen LogP contribution in [0.2, 0.25) is 0 Å². The van der Waals surface area contributed by atoms with Gasteiger partial charge in [0, 0.05) is 25.0 Å². The number of sulfonamides is 1. The molecule has 0 saturated carbocycles. The lowest BCUT2D eigenvalue weighted by molar-refractivity contribution is 0.298. The maximum atomic E-state index is 12.6. The Bertz CT molecular complexity index is 707. The minimum atomic E-state index is -3.23. The third-order valence-electron chi connectivity index (χ3n) is 3.93. The largest absolute Gasteiger partial charge is 0.348 e. The van der Waals surface area contributed by atoms with Gasteiger partial charge in [0.05, 0.1) is 11.8 Å². The first kappa shape index (κ1) is 14.4. The molecule has 0 spiro atoms. The van der Waals surface area contributed by atoms with E-state index in [0.717, 1.165) is 11.3 Å². The fourth-order valence-electron chi connectivity index (χ4n) is 3.01. The smallest absolute Gasteiger partial charge is 0.215 e. The summed E-state index contributed by atoms with van der Waals surface area (Å²) in [5.41, 5.74) is 2.07. The van der Waals surface area contributed by atoms with Crippen molar-refractivity contribution in [2.24, 2.45) is 0 Å². The number of benzene rings is 1. The lowest BCUT2D eigenvalue weighted by Gasteiger charge is -2.36. The van der Waals surface area contributed by atoms with Crippen molar-refractivity contribution in [2.75, 3.05) is 12.3 Å². The molecule has 21 heavy (non-hydrogen) atoms. The van der Waals surface area contributed by atoms with E-state index in [1.54, 1.807) is 4.31 Å². The molecule has 0 amide bonds. The van der Waals surface area contributed by atoms with E-state index < -0.39 is 10.0 Å². The summed E-state index contributed by atoms with van der Waals surface area (Å²) < 4.78 is 29.1. The van der Waals surface area contributed by atoms with Crippen LogP contribution in [0.15, 0.2) is 48.7 Å². The number of fused-ring (bicyclic) bond motifs is 1. The topological polar surface area (TPSA) is 42.3 Å². The van der Waals surface area contributed by atoms with Crippen molar-refractivity contribution in [3.63, 3.8) is 0 Å². The summed E-state index contributed by atoms with van der Waals surface area (Å²) in [6, 6.07) is 13.7. The third kappa shape index (κ3) is 2.63. The Morgan fingerprint density at radius 3 is 2.57 bits per heavy atom. The number of nitrogens with zero attached hydrogens (tertiary/aromatic N) is 2. The monoisotopic (exact) mass is 304 g/mol. The number of aromatic nitrogens is 1. The highest BCUT2D eigenvalue weighted by Crippen LogP contribution is 2.34. The Hall–Kier alpha value is -1.59. The van der Waals surface area contributed by atoms with Gasteiger partial charge in [-0.2, -0.15) is 4.31 Å². The van der Waals surface area contributed by atoms with E-state index in [1.165, 1.54) is 0 Å². The second-order valence-electron chi connectivity index (χ2n) is 5.37. The summed E-state index contributed by atoms with van der Waals surface area (Å²) in [7, 11) is -3.23. The molecule has 2 aromatic rings. The summed E-state index contributed by atoms with van der Waals surface area (Å²) in [6.07, 6.45) is 2.66. The van der Waals surface area contributed by atoms with Gasteiger partial charge in [-0.3, -0.25) is 0 Å². The summed E-state index contributed by atoms with van der Waals surface area (Å²) in [4.78, 5) is 0. The van der Waals surface area contributed by atoms with E-state index in [-0.39, 0.29) is 11.8 Å². The van der Waals surface area contributed by atoms with Crippen molar-refractivity contribution in [3.8, 4) is 0 Å². The highest BCUT2D eigenvalue weighted by atomic mass is 32.2. The molecule has 1 atom stereocenters. The maximum absolute atomic E-state index is 12.6. The average molecular weight is 304 g/mol. The number of hydrogen-bond donors (Lipinski definition) is 0. The summed E-state index contributed by atoms with van der Waals surface area (Å²) in [5.74, 6) is 0.205. The number of hydrogen-bond acceptors (Lipinski definition) is 2. The molecule has 1 aliphatic heterocycles. The fraction of sp³-hybridized carbons (Fsp3) is 0.375. The molecule has 0 aliphatic carbocycles. The fourth-order valence-corrected chi connectivity index (χ4v) is 4.67.